The predicted molar refractivity (Wildman–Crippen MR) is 22.3 cm³/mol. The molecular formula is C2H7N3O2. The molecule has 0 aliphatic carbocycles. The van der Waals surface area contributed by atoms with Crippen molar-refractivity contribution in [2.24, 2.45) is 5.84 Å². The van der Waals surface area contributed by atoms with E-state index in [0.717, 1.165) is 5.01 Å². The van der Waals surface area contributed by atoms with E-state index in [9.17, 15) is 4.79 Å². The summed E-state index contributed by atoms with van der Waals surface area (Å²) in [6.07, 6.45) is 0. The number of carbonyl (C=O) groups is 1. The Bertz CT molecular complexity index is 71.3. The standard InChI is InChI=1S/C2H7N3O2/c1-5(3)2(6)4-7/h7H,3H2,1H3,(H,4,6). The van der Waals surface area contributed by atoms with Crippen LogP contribution < -0.4 is 11.3 Å². The molecule has 0 aromatic heterocycles. The van der Waals surface area contributed by atoms with E-state index in [1.807, 2.05) is 0 Å². The molecule has 0 aliphatic rings. The average molecular weight is 105 g/mol. The van der Waals surface area contributed by atoms with Crippen molar-refractivity contribution in [2.75, 3.05) is 7.05 Å². The molecule has 0 atom stereocenters. The minimum atomic E-state index is -0.736. The van der Waals surface area contributed by atoms with Gasteiger partial charge in [-0.1, -0.05) is 0 Å². The van der Waals surface area contributed by atoms with Crippen LogP contribution in [0.2, 0.25) is 0 Å². The molecule has 4 N–H and O–H groups in total. The fourth-order valence-corrected chi connectivity index (χ4v) is 0.0789. The molecule has 0 aliphatic heterocycles. The molecular weight excluding hydrogens is 98.0 g/mol. The number of rotatable bonds is 0. The second kappa shape index (κ2) is 2.38. The van der Waals surface area contributed by atoms with Gasteiger partial charge in [-0.2, -0.15) is 0 Å². The molecule has 0 unspecified atom stereocenters. The molecule has 7 heavy (non-hydrogen) atoms. The number of hydrazine groups is 1. The molecule has 0 bridgehead atoms. The van der Waals surface area contributed by atoms with Crippen LogP contribution >= 0.6 is 0 Å². The summed E-state index contributed by atoms with van der Waals surface area (Å²) < 4.78 is 0. The van der Waals surface area contributed by atoms with Gasteiger partial charge in [-0.15, -0.1) is 0 Å². The fourth-order valence-electron chi connectivity index (χ4n) is 0.0789. The van der Waals surface area contributed by atoms with Gasteiger partial charge in [-0.25, -0.2) is 16.1 Å². The maximum Gasteiger partial charge on any atom is 0.354 e. The zero-order valence-electron chi connectivity index (χ0n) is 3.88. The number of amides is 2. The average Bonchev–Trinajstić information content (AvgIpc) is 1.65. The molecule has 2 amide bonds. The van der Waals surface area contributed by atoms with E-state index in [1.54, 1.807) is 0 Å². The normalized spacial score (nSPS) is 7.86. The summed E-state index contributed by atoms with van der Waals surface area (Å²) in [5, 5.41) is 8.51. The first kappa shape index (κ1) is 6.19. The number of hydroxylamine groups is 1. The second-order valence-electron chi connectivity index (χ2n) is 1.03. The lowest BCUT2D eigenvalue weighted by molar-refractivity contribution is 0.136. The monoisotopic (exact) mass is 105 g/mol. The highest BCUT2D eigenvalue weighted by Gasteiger charge is 1.96. The first-order chi connectivity index (χ1) is 3.18. The summed E-state index contributed by atoms with van der Waals surface area (Å²) in [5.41, 5.74) is 1.33. The molecule has 5 nitrogen and oxygen atoms in total. The van der Waals surface area contributed by atoms with Crippen LogP contribution in [0.1, 0.15) is 0 Å². The summed E-state index contributed by atoms with van der Waals surface area (Å²) >= 11 is 0. The Balaban J connectivity index is 3.35. The zero-order chi connectivity index (χ0) is 5.86. The maximum atomic E-state index is 9.95. The van der Waals surface area contributed by atoms with Crippen molar-refractivity contribution >= 4 is 6.03 Å². The van der Waals surface area contributed by atoms with E-state index in [2.05, 4.69) is 0 Å². The first-order valence-corrected chi connectivity index (χ1v) is 1.61. The minimum Gasteiger partial charge on any atom is -0.287 e. The number of urea groups is 1. The number of hydrogen-bond donors (Lipinski definition) is 3. The first-order valence-electron chi connectivity index (χ1n) is 1.61. The van der Waals surface area contributed by atoms with Crippen molar-refractivity contribution in [3.63, 3.8) is 0 Å². The van der Waals surface area contributed by atoms with Gasteiger partial charge in [0.2, 0.25) is 0 Å². The quantitative estimate of drug-likeness (QED) is 0.158. The van der Waals surface area contributed by atoms with Gasteiger partial charge in [0.05, 0.1) is 0 Å². The number of nitrogens with one attached hydrogen (secondary N) is 1. The van der Waals surface area contributed by atoms with Gasteiger partial charge in [0.25, 0.3) is 0 Å². The van der Waals surface area contributed by atoms with Gasteiger partial charge in [-0.3, -0.25) is 10.2 Å². The van der Waals surface area contributed by atoms with E-state index >= 15 is 0 Å². The fraction of sp³-hybridized carbons (Fsp3) is 0.500. The van der Waals surface area contributed by atoms with E-state index < -0.39 is 6.03 Å². The van der Waals surface area contributed by atoms with Crippen LogP contribution in [-0.4, -0.2) is 23.3 Å². The zero-order valence-corrected chi connectivity index (χ0v) is 3.88. The topological polar surface area (TPSA) is 78.6 Å². The SMILES string of the molecule is CN(N)C(=O)NO. The molecule has 0 heterocycles. The van der Waals surface area contributed by atoms with Gasteiger partial charge >= 0.3 is 6.03 Å². The molecule has 0 saturated heterocycles. The smallest absolute Gasteiger partial charge is 0.287 e. The van der Waals surface area contributed by atoms with Gasteiger partial charge in [0.1, 0.15) is 0 Å². The molecule has 0 aromatic rings. The lowest BCUT2D eigenvalue weighted by atomic mass is 11.0. The highest BCUT2D eigenvalue weighted by atomic mass is 16.5. The summed E-state index contributed by atoms with van der Waals surface area (Å²) in [6.45, 7) is 0. The largest absolute Gasteiger partial charge is 0.354 e. The maximum absolute atomic E-state index is 9.95. The van der Waals surface area contributed by atoms with E-state index in [1.165, 1.54) is 12.5 Å². The van der Waals surface area contributed by atoms with Crippen molar-refractivity contribution in [1.82, 2.24) is 10.5 Å². The number of hydrogen-bond acceptors (Lipinski definition) is 3. The number of nitrogens with two attached hydrogens (primary N) is 1. The Kier molecular flexibility index (Phi) is 2.10. The highest BCUT2D eigenvalue weighted by molar-refractivity contribution is 5.71. The Labute approximate surface area is 40.6 Å². The molecule has 0 aromatic carbocycles. The van der Waals surface area contributed by atoms with Crippen LogP contribution in [0.4, 0.5) is 4.79 Å². The van der Waals surface area contributed by atoms with Crippen LogP contribution in [-0.2, 0) is 0 Å². The minimum absolute atomic E-state index is 0.722. The predicted octanol–water partition coefficient (Wildman–Crippen LogP) is -1.11. The van der Waals surface area contributed by atoms with E-state index in [0.29, 0.717) is 0 Å². The Morgan fingerprint density at radius 2 is 2.43 bits per heavy atom. The third kappa shape index (κ3) is 1.96. The van der Waals surface area contributed by atoms with Gasteiger partial charge < -0.3 is 0 Å². The summed E-state index contributed by atoms with van der Waals surface area (Å²) in [6, 6.07) is -0.736. The molecule has 42 valence electrons. The molecule has 0 spiro atoms. The Morgan fingerprint density at radius 3 is 2.43 bits per heavy atom. The molecule has 5 heteroatoms. The summed E-state index contributed by atoms with van der Waals surface area (Å²) in [5.74, 6) is 4.81. The molecule has 0 saturated carbocycles. The van der Waals surface area contributed by atoms with Crippen molar-refractivity contribution in [1.29, 1.82) is 0 Å². The highest BCUT2D eigenvalue weighted by Crippen LogP contribution is 1.65. The van der Waals surface area contributed by atoms with Crippen LogP contribution in [0.5, 0.6) is 0 Å². The van der Waals surface area contributed by atoms with Crippen molar-refractivity contribution < 1.29 is 10.0 Å². The molecule has 0 rings (SSSR count). The summed E-state index contributed by atoms with van der Waals surface area (Å²) in [7, 11) is 1.31. The van der Waals surface area contributed by atoms with Crippen LogP contribution in [0.25, 0.3) is 0 Å². The van der Waals surface area contributed by atoms with Gasteiger partial charge in [0.15, 0.2) is 0 Å². The number of nitrogens with zero attached hydrogens (tertiary/aromatic N) is 1. The lowest BCUT2D eigenvalue weighted by Gasteiger charge is -2.05. The van der Waals surface area contributed by atoms with Gasteiger partial charge in [0, 0.05) is 7.05 Å². The van der Waals surface area contributed by atoms with Crippen LogP contribution in [0.3, 0.4) is 0 Å². The second-order valence-corrected chi connectivity index (χ2v) is 1.03. The van der Waals surface area contributed by atoms with Crippen molar-refractivity contribution in [3.8, 4) is 0 Å². The van der Waals surface area contributed by atoms with E-state index in [4.69, 9.17) is 11.0 Å². The summed E-state index contributed by atoms with van der Waals surface area (Å²) in [4.78, 5) is 9.95. The Morgan fingerprint density at radius 1 is 2.00 bits per heavy atom. The third-order valence-corrected chi connectivity index (χ3v) is 0.416. The van der Waals surface area contributed by atoms with Crippen molar-refractivity contribution in [2.45, 2.75) is 0 Å². The van der Waals surface area contributed by atoms with Crippen molar-refractivity contribution in [3.05, 3.63) is 0 Å². The Hall–Kier alpha value is -0.810. The van der Waals surface area contributed by atoms with Crippen LogP contribution in [0.15, 0.2) is 0 Å². The van der Waals surface area contributed by atoms with E-state index in [-0.39, 0.29) is 0 Å². The number of carbonyl (C=O) groups excluding carboxylic acids is 1. The van der Waals surface area contributed by atoms with Gasteiger partial charge in [-0.05, 0) is 0 Å². The van der Waals surface area contributed by atoms with Crippen LogP contribution in [0, 0.1) is 0 Å². The molecule has 0 fully saturated rings. The molecule has 0 radical (unpaired) electrons. The lowest BCUT2D eigenvalue weighted by Crippen LogP contribution is -2.39. The third-order valence-electron chi connectivity index (χ3n) is 0.416.